The number of benzene rings is 2. The quantitative estimate of drug-likeness (QED) is 0.715. The summed E-state index contributed by atoms with van der Waals surface area (Å²) < 4.78 is 2.87. The fourth-order valence-corrected chi connectivity index (χ4v) is 2.50. The van der Waals surface area contributed by atoms with Crippen molar-refractivity contribution in [1.82, 2.24) is 9.55 Å². The Morgan fingerprint density at radius 2 is 1.95 bits per heavy atom. The molecule has 0 bridgehead atoms. The van der Waals surface area contributed by atoms with E-state index in [4.69, 9.17) is 11.6 Å². The summed E-state index contributed by atoms with van der Waals surface area (Å²) in [6.07, 6.45) is 5.49. The van der Waals surface area contributed by atoms with Gasteiger partial charge in [0, 0.05) is 34.8 Å². The fraction of sp³-hybridized carbons (Fsp3) is 0.0625. The molecule has 1 aromatic heterocycles. The Bertz CT molecular complexity index is 724. The van der Waals surface area contributed by atoms with Crippen LogP contribution in [0.1, 0.15) is 5.56 Å². The van der Waals surface area contributed by atoms with E-state index in [1.165, 1.54) is 5.56 Å². The van der Waals surface area contributed by atoms with E-state index in [0.29, 0.717) is 5.02 Å². The number of anilines is 1. The summed E-state index contributed by atoms with van der Waals surface area (Å²) >= 11 is 9.41. The van der Waals surface area contributed by atoms with Crippen molar-refractivity contribution in [3.63, 3.8) is 0 Å². The maximum Gasteiger partial charge on any atom is 0.0991 e. The van der Waals surface area contributed by atoms with Crippen molar-refractivity contribution in [3.05, 3.63) is 76.2 Å². The summed E-state index contributed by atoms with van der Waals surface area (Å²) in [5.41, 5.74) is 3.35. The van der Waals surface area contributed by atoms with Crippen LogP contribution in [0, 0.1) is 0 Å². The summed E-state index contributed by atoms with van der Waals surface area (Å²) in [7, 11) is 0. The van der Waals surface area contributed by atoms with Crippen molar-refractivity contribution < 1.29 is 0 Å². The molecule has 0 radical (unpaired) electrons. The first-order valence-electron chi connectivity index (χ1n) is 6.48. The molecule has 0 fully saturated rings. The molecule has 21 heavy (non-hydrogen) atoms. The van der Waals surface area contributed by atoms with Gasteiger partial charge < -0.3 is 9.88 Å². The second-order valence-corrected chi connectivity index (χ2v) is 5.88. The van der Waals surface area contributed by atoms with Crippen LogP contribution in [0.4, 0.5) is 5.69 Å². The Hall–Kier alpha value is -1.78. The monoisotopic (exact) mass is 361 g/mol. The van der Waals surface area contributed by atoms with Gasteiger partial charge in [-0.1, -0.05) is 23.7 Å². The summed E-state index contributed by atoms with van der Waals surface area (Å²) in [5, 5.41) is 4.09. The number of hydrogen-bond acceptors (Lipinski definition) is 2. The molecule has 0 aliphatic heterocycles. The van der Waals surface area contributed by atoms with Gasteiger partial charge in [-0.2, -0.15) is 0 Å². The molecule has 1 heterocycles. The van der Waals surface area contributed by atoms with E-state index in [1.54, 1.807) is 12.5 Å². The van der Waals surface area contributed by atoms with Crippen LogP contribution >= 0.6 is 27.5 Å². The van der Waals surface area contributed by atoms with Crippen LogP contribution < -0.4 is 5.32 Å². The Balaban J connectivity index is 1.66. The molecule has 1 N–H and O–H groups in total. The molecule has 0 spiro atoms. The van der Waals surface area contributed by atoms with Crippen LogP contribution in [0.25, 0.3) is 5.69 Å². The lowest BCUT2D eigenvalue weighted by Gasteiger charge is -2.09. The predicted molar refractivity (Wildman–Crippen MR) is 90.0 cm³/mol. The normalized spacial score (nSPS) is 10.6. The average molecular weight is 363 g/mol. The van der Waals surface area contributed by atoms with E-state index in [1.807, 2.05) is 29.0 Å². The third kappa shape index (κ3) is 3.46. The van der Waals surface area contributed by atoms with Gasteiger partial charge in [-0.3, -0.25) is 0 Å². The highest BCUT2D eigenvalue weighted by Crippen LogP contribution is 2.25. The zero-order valence-corrected chi connectivity index (χ0v) is 13.5. The van der Waals surface area contributed by atoms with Crippen LogP contribution in [0.15, 0.2) is 65.7 Å². The van der Waals surface area contributed by atoms with E-state index >= 15 is 0 Å². The smallest absolute Gasteiger partial charge is 0.0991 e. The van der Waals surface area contributed by atoms with Gasteiger partial charge in [0.25, 0.3) is 0 Å². The molecule has 0 unspecified atom stereocenters. The third-order valence-corrected chi connectivity index (χ3v) is 4.37. The zero-order valence-electron chi connectivity index (χ0n) is 11.1. The number of nitrogens with zero attached hydrogens (tertiary/aromatic N) is 2. The Kier molecular flexibility index (Phi) is 4.27. The standard InChI is InChI=1S/C16H13BrClN3/c17-15-9-13(3-6-16(15)18)20-10-12-1-4-14(5-2-12)21-8-7-19-11-21/h1-9,11,20H,10H2. The maximum atomic E-state index is 5.98. The van der Waals surface area contributed by atoms with Gasteiger partial charge in [0.1, 0.15) is 0 Å². The summed E-state index contributed by atoms with van der Waals surface area (Å²) in [5.74, 6) is 0. The molecule has 0 amide bonds. The van der Waals surface area contributed by atoms with Gasteiger partial charge in [-0.05, 0) is 51.8 Å². The summed E-state index contributed by atoms with van der Waals surface area (Å²) in [6.45, 7) is 0.762. The largest absolute Gasteiger partial charge is 0.381 e. The zero-order chi connectivity index (χ0) is 14.7. The Morgan fingerprint density at radius 1 is 1.14 bits per heavy atom. The molecule has 0 saturated carbocycles. The van der Waals surface area contributed by atoms with E-state index < -0.39 is 0 Å². The maximum absolute atomic E-state index is 5.98. The highest BCUT2D eigenvalue weighted by atomic mass is 79.9. The molecule has 106 valence electrons. The molecule has 0 atom stereocenters. The predicted octanol–water partition coefficient (Wildman–Crippen LogP) is 4.90. The lowest BCUT2D eigenvalue weighted by Crippen LogP contribution is -1.99. The van der Waals surface area contributed by atoms with Crippen LogP contribution in [0.3, 0.4) is 0 Å². The third-order valence-electron chi connectivity index (χ3n) is 3.16. The van der Waals surface area contributed by atoms with Crippen LogP contribution in [0.2, 0.25) is 5.02 Å². The molecule has 3 nitrogen and oxygen atoms in total. The van der Waals surface area contributed by atoms with Crippen molar-refractivity contribution in [2.75, 3.05) is 5.32 Å². The van der Waals surface area contributed by atoms with Gasteiger partial charge >= 0.3 is 0 Å². The molecule has 5 heteroatoms. The lowest BCUT2D eigenvalue weighted by molar-refractivity contribution is 1.05. The minimum Gasteiger partial charge on any atom is -0.381 e. The van der Waals surface area contributed by atoms with Crippen LogP contribution in [-0.2, 0) is 6.54 Å². The molecular weight excluding hydrogens is 350 g/mol. The highest BCUT2D eigenvalue weighted by Gasteiger charge is 2.00. The summed E-state index contributed by atoms with van der Waals surface area (Å²) in [4.78, 5) is 4.05. The number of rotatable bonds is 4. The number of halogens is 2. The van der Waals surface area contributed by atoms with E-state index in [2.05, 4.69) is 50.5 Å². The minimum atomic E-state index is 0.713. The first kappa shape index (κ1) is 14.2. The molecule has 3 rings (SSSR count). The van der Waals surface area contributed by atoms with E-state index in [9.17, 15) is 0 Å². The average Bonchev–Trinajstić information content (AvgIpc) is 3.03. The number of aromatic nitrogens is 2. The number of nitrogens with one attached hydrogen (secondary N) is 1. The van der Waals surface area contributed by atoms with Crippen LogP contribution in [-0.4, -0.2) is 9.55 Å². The molecule has 0 aliphatic rings. The first-order valence-corrected chi connectivity index (χ1v) is 7.66. The van der Waals surface area contributed by atoms with Gasteiger partial charge in [0.2, 0.25) is 0 Å². The molecule has 0 saturated heterocycles. The van der Waals surface area contributed by atoms with Crippen molar-refractivity contribution in [2.24, 2.45) is 0 Å². The van der Waals surface area contributed by atoms with Crippen molar-refractivity contribution in [2.45, 2.75) is 6.54 Å². The second-order valence-electron chi connectivity index (χ2n) is 4.62. The van der Waals surface area contributed by atoms with Gasteiger partial charge in [0.15, 0.2) is 0 Å². The molecular formula is C16H13BrClN3. The Morgan fingerprint density at radius 3 is 2.62 bits per heavy atom. The van der Waals surface area contributed by atoms with Gasteiger partial charge in [-0.15, -0.1) is 0 Å². The minimum absolute atomic E-state index is 0.713. The molecule has 3 aromatic rings. The Labute approximate surface area is 136 Å². The van der Waals surface area contributed by atoms with Crippen LogP contribution in [0.5, 0.6) is 0 Å². The van der Waals surface area contributed by atoms with E-state index in [-0.39, 0.29) is 0 Å². The van der Waals surface area contributed by atoms with Gasteiger partial charge in [-0.25, -0.2) is 4.98 Å². The topological polar surface area (TPSA) is 29.9 Å². The van der Waals surface area contributed by atoms with E-state index in [0.717, 1.165) is 22.4 Å². The number of imidazole rings is 1. The molecule has 0 aliphatic carbocycles. The van der Waals surface area contributed by atoms with Gasteiger partial charge in [0.05, 0.1) is 11.3 Å². The first-order chi connectivity index (χ1) is 10.2. The SMILES string of the molecule is Clc1ccc(NCc2ccc(-n3ccnc3)cc2)cc1Br. The van der Waals surface area contributed by atoms with Crippen molar-refractivity contribution >= 4 is 33.2 Å². The number of hydrogen-bond donors (Lipinski definition) is 1. The summed E-state index contributed by atoms with van der Waals surface area (Å²) in [6, 6.07) is 14.2. The molecule has 2 aromatic carbocycles. The highest BCUT2D eigenvalue weighted by molar-refractivity contribution is 9.10. The second kappa shape index (κ2) is 6.33. The fourth-order valence-electron chi connectivity index (χ4n) is 2.01. The lowest BCUT2D eigenvalue weighted by atomic mass is 10.2. The van der Waals surface area contributed by atoms with Crippen molar-refractivity contribution in [3.8, 4) is 5.69 Å². The van der Waals surface area contributed by atoms with Crippen molar-refractivity contribution in [1.29, 1.82) is 0 Å².